The largest absolute Gasteiger partial charge is 0.483 e. The molecule has 1 atom stereocenters. The van der Waals surface area contributed by atoms with Crippen LogP contribution in [0.2, 0.25) is 0 Å². The number of nitrogens with zero attached hydrogens (tertiary/aromatic N) is 1. The molecular formula is C27H36N4O5. The smallest absolute Gasteiger partial charge is 0.333 e. The number of aryl methyl sites for hydroxylation is 2. The van der Waals surface area contributed by atoms with Crippen LogP contribution in [0.5, 0.6) is 5.75 Å². The van der Waals surface area contributed by atoms with Gasteiger partial charge in [-0.25, -0.2) is 4.79 Å². The van der Waals surface area contributed by atoms with Gasteiger partial charge in [0.15, 0.2) is 12.6 Å². The van der Waals surface area contributed by atoms with Crippen LogP contribution in [0.25, 0.3) is 0 Å². The fourth-order valence-corrected chi connectivity index (χ4v) is 4.16. The number of amides is 1. The van der Waals surface area contributed by atoms with Crippen LogP contribution in [0.15, 0.2) is 36.4 Å². The Morgan fingerprint density at radius 3 is 2.44 bits per heavy atom. The van der Waals surface area contributed by atoms with E-state index in [4.69, 9.17) is 25.4 Å². The van der Waals surface area contributed by atoms with Gasteiger partial charge in [0, 0.05) is 29.9 Å². The lowest BCUT2D eigenvalue weighted by Crippen LogP contribution is -2.43. The molecule has 0 bridgehead atoms. The second-order valence-corrected chi connectivity index (χ2v) is 8.65. The van der Waals surface area contributed by atoms with Gasteiger partial charge in [0.2, 0.25) is 0 Å². The number of methoxy groups -OCH3 is 1. The van der Waals surface area contributed by atoms with Crippen LogP contribution in [-0.4, -0.2) is 62.6 Å². The molecule has 1 fully saturated rings. The van der Waals surface area contributed by atoms with Crippen LogP contribution in [0.1, 0.15) is 48.6 Å². The van der Waals surface area contributed by atoms with Crippen LogP contribution in [0, 0.1) is 5.41 Å². The van der Waals surface area contributed by atoms with Crippen molar-refractivity contribution < 1.29 is 23.8 Å². The molecule has 0 aromatic heterocycles. The molecule has 0 radical (unpaired) electrons. The first-order valence-corrected chi connectivity index (χ1v) is 12.3. The van der Waals surface area contributed by atoms with E-state index in [1.165, 1.54) is 7.11 Å². The zero-order valence-corrected chi connectivity index (χ0v) is 21.3. The average molecular weight is 497 g/mol. The molecule has 0 saturated carbocycles. The number of morpholine rings is 1. The second kappa shape index (κ2) is 12.9. The van der Waals surface area contributed by atoms with Crippen molar-refractivity contribution in [2.24, 2.45) is 5.73 Å². The molecule has 9 nitrogen and oxygen atoms in total. The summed E-state index contributed by atoms with van der Waals surface area (Å²) in [6.45, 7) is 6.10. The molecule has 1 amide bonds. The normalized spacial score (nSPS) is 14.1. The molecule has 9 heteroatoms. The third-order valence-corrected chi connectivity index (χ3v) is 6.14. The summed E-state index contributed by atoms with van der Waals surface area (Å²) in [4.78, 5) is 27.6. The van der Waals surface area contributed by atoms with E-state index in [1.807, 2.05) is 6.07 Å². The number of amidine groups is 1. The van der Waals surface area contributed by atoms with Crippen LogP contribution in [0.4, 0.5) is 5.69 Å². The zero-order valence-electron chi connectivity index (χ0n) is 21.3. The molecule has 1 saturated heterocycles. The first-order valence-electron chi connectivity index (χ1n) is 12.3. The van der Waals surface area contributed by atoms with Gasteiger partial charge >= 0.3 is 5.97 Å². The minimum Gasteiger partial charge on any atom is -0.483 e. The topological polar surface area (TPSA) is 127 Å². The van der Waals surface area contributed by atoms with E-state index in [1.54, 1.807) is 29.2 Å². The highest BCUT2D eigenvalue weighted by molar-refractivity contribution is 5.95. The van der Waals surface area contributed by atoms with Gasteiger partial charge in [-0.15, -0.1) is 0 Å². The maximum atomic E-state index is 13.0. The molecule has 1 aliphatic rings. The van der Waals surface area contributed by atoms with E-state index in [0.29, 0.717) is 48.9 Å². The van der Waals surface area contributed by atoms with Gasteiger partial charge in [0.05, 0.1) is 20.3 Å². The summed E-state index contributed by atoms with van der Waals surface area (Å²) in [5.41, 5.74) is 9.44. The highest BCUT2D eigenvalue weighted by Crippen LogP contribution is 2.35. The fourth-order valence-electron chi connectivity index (χ4n) is 4.16. The van der Waals surface area contributed by atoms with Crippen molar-refractivity contribution in [2.45, 2.75) is 39.2 Å². The van der Waals surface area contributed by atoms with E-state index in [9.17, 15) is 9.59 Å². The Bertz CT molecular complexity index is 1060. The van der Waals surface area contributed by atoms with Crippen LogP contribution < -0.4 is 15.8 Å². The second-order valence-electron chi connectivity index (χ2n) is 8.65. The molecule has 3 rings (SSSR count). The molecule has 36 heavy (non-hydrogen) atoms. The van der Waals surface area contributed by atoms with E-state index < -0.39 is 12.0 Å². The molecule has 194 valence electrons. The molecule has 1 aliphatic heterocycles. The van der Waals surface area contributed by atoms with Crippen molar-refractivity contribution in [1.29, 1.82) is 5.41 Å². The number of nitrogens with one attached hydrogen (secondary N) is 2. The monoisotopic (exact) mass is 496 g/mol. The van der Waals surface area contributed by atoms with Crippen molar-refractivity contribution in [3.63, 3.8) is 0 Å². The van der Waals surface area contributed by atoms with Gasteiger partial charge in [-0.2, -0.15) is 0 Å². The summed E-state index contributed by atoms with van der Waals surface area (Å²) in [7, 11) is 1.34. The lowest BCUT2D eigenvalue weighted by molar-refractivity contribution is -0.141. The fraction of sp³-hybridized carbons (Fsp3) is 0.444. The number of carbonyl (C=O) groups is 2. The zero-order chi connectivity index (χ0) is 26.1. The van der Waals surface area contributed by atoms with E-state index in [0.717, 1.165) is 30.4 Å². The van der Waals surface area contributed by atoms with Gasteiger partial charge in [-0.3, -0.25) is 10.2 Å². The van der Waals surface area contributed by atoms with Crippen LogP contribution >= 0.6 is 0 Å². The van der Waals surface area contributed by atoms with Gasteiger partial charge < -0.3 is 30.2 Å². The summed E-state index contributed by atoms with van der Waals surface area (Å²) < 4.78 is 16.7. The molecule has 2 aromatic rings. The number of hydrogen-bond acceptors (Lipinski definition) is 7. The predicted octanol–water partition coefficient (Wildman–Crippen LogP) is 3.05. The minimum absolute atomic E-state index is 0.0356. The van der Waals surface area contributed by atoms with E-state index in [-0.39, 0.29) is 18.3 Å². The number of nitrogens with two attached hydrogens (primary N) is 1. The van der Waals surface area contributed by atoms with Crippen molar-refractivity contribution in [2.75, 3.05) is 45.3 Å². The van der Waals surface area contributed by atoms with Gasteiger partial charge in [-0.05, 0) is 54.3 Å². The maximum absolute atomic E-state index is 13.0. The van der Waals surface area contributed by atoms with Crippen LogP contribution in [-0.2, 0) is 31.9 Å². The quantitative estimate of drug-likeness (QED) is 0.248. The Morgan fingerprint density at radius 2 is 1.86 bits per heavy atom. The number of carbonyl (C=O) groups excluding carboxylic acids is 2. The summed E-state index contributed by atoms with van der Waals surface area (Å²) in [5.74, 6) is -0.107. The average Bonchev–Trinajstić information content (AvgIpc) is 2.91. The Kier molecular flexibility index (Phi) is 9.69. The first kappa shape index (κ1) is 27.0. The van der Waals surface area contributed by atoms with Crippen LogP contribution in [0.3, 0.4) is 0 Å². The molecule has 1 unspecified atom stereocenters. The maximum Gasteiger partial charge on any atom is 0.333 e. The SMILES string of the molecule is CCCc1cc(CC)cc(C(Nc2ccc(C(=N)N)cc2)C(=O)OC)c1OCC(=O)N1CCOCC1. The van der Waals surface area contributed by atoms with E-state index >= 15 is 0 Å². The Hall–Kier alpha value is -3.59. The Morgan fingerprint density at radius 1 is 1.17 bits per heavy atom. The minimum atomic E-state index is -0.867. The van der Waals surface area contributed by atoms with Gasteiger partial charge in [0.1, 0.15) is 11.6 Å². The number of hydrogen-bond donors (Lipinski definition) is 3. The Balaban J connectivity index is 1.98. The third kappa shape index (κ3) is 6.75. The lowest BCUT2D eigenvalue weighted by atomic mass is 9.95. The molecule has 4 N–H and O–H groups in total. The van der Waals surface area contributed by atoms with E-state index in [2.05, 4.69) is 25.2 Å². The summed E-state index contributed by atoms with van der Waals surface area (Å²) >= 11 is 0. The lowest BCUT2D eigenvalue weighted by Gasteiger charge is -2.28. The van der Waals surface area contributed by atoms with Crippen molar-refractivity contribution in [3.8, 4) is 5.75 Å². The number of ether oxygens (including phenoxy) is 3. The van der Waals surface area contributed by atoms with Crippen molar-refractivity contribution in [3.05, 3.63) is 58.7 Å². The van der Waals surface area contributed by atoms with Crippen molar-refractivity contribution >= 4 is 23.4 Å². The standard InChI is InChI=1S/C27H36N4O5/c1-4-6-20-15-18(5-2)16-22(25(20)36-17-23(32)31-11-13-35-14-12-31)24(27(33)34-3)30-21-9-7-19(8-10-21)26(28)29/h7-10,15-16,24,30H,4-6,11-14,17H2,1-3H3,(H3,28,29). The molecule has 2 aromatic carbocycles. The Labute approximate surface area is 212 Å². The first-order chi connectivity index (χ1) is 17.4. The van der Waals surface area contributed by atoms with Crippen molar-refractivity contribution in [1.82, 2.24) is 4.90 Å². The summed E-state index contributed by atoms with van der Waals surface area (Å²) in [6, 6.07) is 10.1. The molecular weight excluding hydrogens is 460 g/mol. The third-order valence-electron chi connectivity index (χ3n) is 6.14. The number of rotatable bonds is 11. The summed E-state index contributed by atoms with van der Waals surface area (Å²) in [5, 5.41) is 10.8. The number of esters is 1. The predicted molar refractivity (Wildman–Crippen MR) is 139 cm³/mol. The number of anilines is 1. The summed E-state index contributed by atoms with van der Waals surface area (Å²) in [6.07, 6.45) is 2.39. The highest BCUT2D eigenvalue weighted by atomic mass is 16.5. The highest BCUT2D eigenvalue weighted by Gasteiger charge is 2.28. The number of benzene rings is 2. The molecule has 0 spiro atoms. The van der Waals surface area contributed by atoms with Gasteiger partial charge in [-0.1, -0.05) is 26.3 Å². The van der Waals surface area contributed by atoms with Gasteiger partial charge in [0.25, 0.3) is 5.91 Å². The molecule has 0 aliphatic carbocycles. The molecule has 1 heterocycles. The number of nitrogen functional groups attached to an aromatic ring is 1.